The molecule has 0 unspecified atom stereocenters. The van der Waals surface area contributed by atoms with Crippen LogP contribution < -0.4 is 4.72 Å². The number of rotatable bonds is 2. The molecule has 1 fully saturated rings. The number of hydrogen-bond donors (Lipinski definition) is 1. The van der Waals surface area contributed by atoms with Crippen molar-refractivity contribution in [2.75, 3.05) is 0 Å². The van der Waals surface area contributed by atoms with Gasteiger partial charge in [0.05, 0.1) is 5.25 Å². The second kappa shape index (κ2) is 2.27. The Balaban J connectivity index is 2.59. The van der Waals surface area contributed by atoms with Gasteiger partial charge in [0, 0.05) is 7.05 Å². The van der Waals surface area contributed by atoms with Crippen molar-refractivity contribution < 1.29 is 8.42 Å². The van der Waals surface area contributed by atoms with Crippen molar-refractivity contribution in [2.45, 2.75) is 24.5 Å². The summed E-state index contributed by atoms with van der Waals surface area (Å²) in [4.78, 5) is 0. The molecule has 1 N–H and O–H groups in total. The van der Waals surface area contributed by atoms with Gasteiger partial charge in [-0.2, -0.15) is 0 Å². The highest BCUT2D eigenvalue weighted by Gasteiger charge is 2.29. The summed E-state index contributed by atoms with van der Waals surface area (Å²) in [5, 5.41) is -0.157. The van der Waals surface area contributed by atoms with E-state index in [4.69, 9.17) is 0 Å². The molecule has 0 aromatic rings. The first-order valence-electron chi connectivity index (χ1n) is 2.94. The zero-order valence-corrected chi connectivity index (χ0v) is 5.95. The first-order chi connectivity index (χ1) is 4.17. The molecule has 1 saturated carbocycles. The van der Waals surface area contributed by atoms with E-state index in [1.807, 2.05) is 0 Å². The summed E-state index contributed by atoms with van der Waals surface area (Å²) in [6.07, 6.45) is 2.63. The van der Waals surface area contributed by atoms with Crippen molar-refractivity contribution in [2.24, 2.45) is 0 Å². The molecule has 0 atom stereocenters. The molecular weight excluding hydrogens is 138 g/mol. The van der Waals surface area contributed by atoms with Gasteiger partial charge in [0.1, 0.15) is 0 Å². The molecule has 53 valence electrons. The molecule has 1 rings (SSSR count). The van der Waals surface area contributed by atoms with Crippen LogP contribution in [-0.4, -0.2) is 13.7 Å². The number of sulfonamides is 1. The maximum atomic E-state index is 10.8. The third-order valence-corrected chi connectivity index (χ3v) is 3.44. The van der Waals surface area contributed by atoms with Crippen molar-refractivity contribution >= 4 is 10.0 Å². The van der Waals surface area contributed by atoms with E-state index in [2.05, 4.69) is 11.8 Å². The molecule has 0 aromatic heterocycles. The van der Waals surface area contributed by atoms with Crippen LogP contribution >= 0.6 is 0 Å². The van der Waals surface area contributed by atoms with Gasteiger partial charge in [0.2, 0.25) is 10.0 Å². The van der Waals surface area contributed by atoms with E-state index in [0.29, 0.717) is 0 Å². The average Bonchev–Trinajstić information content (AvgIpc) is 1.60. The highest BCUT2D eigenvalue weighted by molar-refractivity contribution is 7.90. The van der Waals surface area contributed by atoms with Gasteiger partial charge in [-0.25, -0.2) is 13.1 Å². The molecule has 0 amide bonds. The lowest BCUT2D eigenvalue weighted by atomic mass is 10.0. The van der Waals surface area contributed by atoms with E-state index in [1.165, 1.54) is 0 Å². The van der Waals surface area contributed by atoms with E-state index >= 15 is 0 Å². The van der Waals surface area contributed by atoms with E-state index < -0.39 is 10.0 Å². The molecule has 4 heteroatoms. The fourth-order valence-corrected chi connectivity index (χ4v) is 1.99. The van der Waals surface area contributed by atoms with Gasteiger partial charge in [0.15, 0.2) is 0 Å². The lowest BCUT2D eigenvalue weighted by Gasteiger charge is -2.23. The maximum absolute atomic E-state index is 10.8. The van der Waals surface area contributed by atoms with E-state index in [9.17, 15) is 8.42 Å². The third kappa shape index (κ3) is 1.24. The Hall–Kier alpha value is -0.0900. The number of hydrogen-bond acceptors (Lipinski definition) is 2. The fourth-order valence-electron chi connectivity index (χ4n) is 0.799. The summed E-state index contributed by atoms with van der Waals surface area (Å²) >= 11 is 0. The van der Waals surface area contributed by atoms with Gasteiger partial charge >= 0.3 is 0 Å². The third-order valence-electron chi connectivity index (χ3n) is 1.69. The smallest absolute Gasteiger partial charge is 0.214 e. The fraction of sp³-hybridized carbons (Fsp3) is 0.800. The predicted octanol–water partition coefficient (Wildman–Crippen LogP) is 0.250. The average molecular weight is 148 g/mol. The molecular formula is C5H10NO2S. The maximum Gasteiger partial charge on any atom is 0.214 e. The van der Waals surface area contributed by atoms with Gasteiger partial charge in [-0.3, -0.25) is 0 Å². The summed E-state index contributed by atoms with van der Waals surface area (Å²) < 4.78 is 23.7. The van der Waals surface area contributed by atoms with Crippen LogP contribution in [0.25, 0.3) is 0 Å². The van der Waals surface area contributed by atoms with Gasteiger partial charge in [-0.15, -0.1) is 0 Å². The van der Waals surface area contributed by atoms with Crippen LogP contribution in [0.15, 0.2) is 0 Å². The zero-order valence-electron chi connectivity index (χ0n) is 5.13. The summed E-state index contributed by atoms with van der Waals surface area (Å²) in [7, 11) is 0.0997. The zero-order chi connectivity index (χ0) is 6.91. The Bertz CT molecular complexity index is 181. The Labute approximate surface area is 55.5 Å². The Kier molecular flexibility index (Phi) is 1.77. The molecule has 0 saturated heterocycles. The van der Waals surface area contributed by atoms with Crippen LogP contribution in [-0.2, 0) is 10.0 Å². The minimum Gasteiger partial charge on any atom is -0.214 e. The van der Waals surface area contributed by atoms with Gasteiger partial charge in [-0.05, 0) is 12.8 Å². The topological polar surface area (TPSA) is 46.2 Å². The molecule has 9 heavy (non-hydrogen) atoms. The first-order valence-corrected chi connectivity index (χ1v) is 4.49. The molecule has 0 aromatic carbocycles. The van der Waals surface area contributed by atoms with Crippen LogP contribution in [0.4, 0.5) is 0 Å². The molecule has 0 spiro atoms. The van der Waals surface area contributed by atoms with E-state index in [1.54, 1.807) is 0 Å². The second-order valence-electron chi connectivity index (χ2n) is 2.24. The Morgan fingerprint density at radius 1 is 1.44 bits per heavy atom. The quantitative estimate of drug-likeness (QED) is 0.610. The van der Waals surface area contributed by atoms with Crippen LogP contribution in [0.2, 0.25) is 0 Å². The van der Waals surface area contributed by atoms with Crippen molar-refractivity contribution in [1.82, 2.24) is 4.72 Å². The van der Waals surface area contributed by atoms with Gasteiger partial charge in [-0.1, -0.05) is 6.42 Å². The van der Waals surface area contributed by atoms with Crippen molar-refractivity contribution in [1.29, 1.82) is 0 Å². The van der Waals surface area contributed by atoms with Crippen LogP contribution in [0.1, 0.15) is 19.3 Å². The lowest BCUT2D eigenvalue weighted by Crippen LogP contribution is -2.35. The minimum absolute atomic E-state index is 0.157. The van der Waals surface area contributed by atoms with Crippen molar-refractivity contribution in [3.63, 3.8) is 0 Å². The summed E-state index contributed by atoms with van der Waals surface area (Å²) in [6.45, 7) is 0. The van der Waals surface area contributed by atoms with Crippen molar-refractivity contribution in [3.8, 4) is 0 Å². The van der Waals surface area contributed by atoms with Gasteiger partial charge < -0.3 is 0 Å². The molecule has 1 aliphatic rings. The summed E-state index contributed by atoms with van der Waals surface area (Å²) in [6, 6.07) is 0. The minimum atomic E-state index is -3.02. The summed E-state index contributed by atoms with van der Waals surface area (Å²) in [5.41, 5.74) is 0. The highest BCUT2D eigenvalue weighted by Crippen LogP contribution is 2.24. The normalized spacial score (nSPS) is 21.4. The molecule has 0 aliphatic heterocycles. The van der Waals surface area contributed by atoms with Crippen molar-refractivity contribution in [3.05, 3.63) is 7.05 Å². The second-order valence-corrected chi connectivity index (χ2v) is 4.29. The monoisotopic (exact) mass is 148 g/mol. The predicted molar refractivity (Wildman–Crippen MR) is 35.1 cm³/mol. The van der Waals surface area contributed by atoms with E-state index in [0.717, 1.165) is 19.3 Å². The Morgan fingerprint density at radius 2 is 2.00 bits per heavy atom. The number of nitrogens with one attached hydrogen (secondary N) is 1. The Morgan fingerprint density at radius 3 is 2.11 bits per heavy atom. The van der Waals surface area contributed by atoms with Crippen LogP contribution in [0, 0.1) is 7.05 Å². The summed E-state index contributed by atoms with van der Waals surface area (Å²) in [5.74, 6) is 0. The van der Waals surface area contributed by atoms with E-state index in [-0.39, 0.29) is 5.25 Å². The lowest BCUT2D eigenvalue weighted by molar-refractivity contribution is 0.473. The molecule has 1 radical (unpaired) electrons. The highest BCUT2D eigenvalue weighted by atomic mass is 32.2. The molecule has 0 bridgehead atoms. The largest absolute Gasteiger partial charge is 0.214 e. The SMILES string of the molecule is [CH2]NS(=O)(=O)C1CCC1. The molecule has 1 aliphatic carbocycles. The molecule has 3 nitrogen and oxygen atoms in total. The van der Waals surface area contributed by atoms with Crippen LogP contribution in [0.5, 0.6) is 0 Å². The van der Waals surface area contributed by atoms with Gasteiger partial charge in [0.25, 0.3) is 0 Å². The first kappa shape index (κ1) is 7.02. The standard InChI is InChI=1S/C5H10NO2S/c1-6-9(7,8)5-3-2-4-5/h5-6H,1-4H2. The van der Waals surface area contributed by atoms with Crippen LogP contribution in [0.3, 0.4) is 0 Å². The molecule has 0 heterocycles.